The molecule has 28 heavy (non-hydrogen) atoms. The summed E-state index contributed by atoms with van der Waals surface area (Å²) in [6.07, 6.45) is 8.85. The Bertz CT molecular complexity index is 617. The monoisotopic (exact) mass is 386 g/mol. The van der Waals surface area contributed by atoms with Crippen molar-refractivity contribution >= 4 is 17.5 Å². The molecule has 3 heteroatoms. The second kappa shape index (κ2) is 16.1. The fraction of sp³-hybridized carbons (Fsp3) is 0.560. The molecule has 0 amide bonds. The molecule has 0 heterocycles. The minimum absolute atomic E-state index is 0.875. The maximum atomic E-state index is 5.38. The number of anilines is 1. The summed E-state index contributed by atoms with van der Waals surface area (Å²) in [6, 6.07) is 6.30. The molecule has 1 N–H and O–H groups in total. The molecule has 0 spiro atoms. The van der Waals surface area contributed by atoms with Crippen LogP contribution in [0.4, 0.5) is 5.69 Å². The first kappa shape index (κ1) is 26.1. The Morgan fingerprint density at radius 2 is 2.00 bits per heavy atom. The van der Waals surface area contributed by atoms with E-state index in [1.165, 1.54) is 24.8 Å². The molecule has 1 unspecified atom stereocenters. The van der Waals surface area contributed by atoms with Gasteiger partial charge >= 0.3 is 0 Å². The van der Waals surface area contributed by atoms with Gasteiger partial charge in [0.05, 0.1) is 0 Å². The molecule has 1 aromatic carbocycles. The van der Waals surface area contributed by atoms with E-state index in [2.05, 4.69) is 62.8 Å². The average Bonchev–Trinajstić information content (AvgIpc) is 2.71. The highest BCUT2D eigenvalue weighted by Crippen LogP contribution is 2.28. The highest BCUT2D eigenvalue weighted by Gasteiger charge is 2.08. The number of aliphatic imine (C=N–C) groups is 1. The van der Waals surface area contributed by atoms with Gasteiger partial charge in [-0.3, -0.25) is 4.99 Å². The van der Waals surface area contributed by atoms with Gasteiger partial charge < -0.3 is 10.1 Å². The van der Waals surface area contributed by atoms with E-state index in [4.69, 9.17) is 4.74 Å². The second-order valence-corrected chi connectivity index (χ2v) is 7.18. The highest BCUT2D eigenvalue weighted by atomic mass is 16.5. The van der Waals surface area contributed by atoms with Crippen LogP contribution in [0.5, 0.6) is 0 Å². The number of aryl methyl sites for hydroxylation is 1. The number of nitrogens with one attached hydrogen (secondary N) is 1. The maximum absolute atomic E-state index is 5.38. The third-order valence-electron chi connectivity index (χ3n) is 4.73. The van der Waals surface area contributed by atoms with Crippen LogP contribution in [0, 0.1) is 12.8 Å². The van der Waals surface area contributed by atoms with E-state index in [0.29, 0.717) is 0 Å². The van der Waals surface area contributed by atoms with Crippen LogP contribution in [0.2, 0.25) is 0 Å². The van der Waals surface area contributed by atoms with Gasteiger partial charge in [0.25, 0.3) is 0 Å². The van der Waals surface area contributed by atoms with E-state index in [1.807, 2.05) is 26.3 Å². The molecule has 1 aromatic rings. The van der Waals surface area contributed by atoms with Crippen LogP contribution in [-0.2, 0) is 4.74 Å². The fourth-order valence-electron chi connectivity index (χ4n) is 2.73. The van der Waals surface area contributed by atoms with Crippen molar-refractivity contribution in [1.29, 1.82) is 0 Å². The molecule has 1 rings (SSSR count). The lowest BCUT2D eigenvalue weighted by Gasteiger charge is -2.13. The van der Waals surface area contributed by atoms with Gasteiger partial charge in [0.2, 0.25) is 0 Å². The van der Waals surface area contributed by atoms with E-state index < -0.39 is 0 Å². The molecule has 0 aliphatic heterocycles. The first-order chi connectivity index (χ1) is 13.4. The van der Waals surface area contributed by atoms with Crippen LogP contribution in [0.1, 0.15) is 64.5 Å². The molecule has 0 radical (unpaired) electrons. The van der Waals surface area contributed by atoms with Gasteiger partial charge in [-0.25, -0.2) is 0 Å². The molecule has 0 aromatic heterocycles. The summed E-state index contributed by atoms with van der Waals surface area (Å²) >= 11 is 0. The summed E-state index contributed by atoms with van der Waals surface area (Å²) in [5, 5.41) is 3.19. The Kier molecular flexibility index (Phi) is 15.0. The second-order valence-electron chi connectivity index (χ2n) is 7.18. The number of nitrogens with zero attached hydrogens (tertiary/aromatic N) is 1. The van der Waals surface area contributed by atoms with Gasteiger partial charge in [-0.15, -0.1) is 0 Å². The van der Waals surface area contributed by atoms with Gasteiger partial charge in [0, 0.05) is 44.8 Å². The Balaban J connectivity index is 0.000000576. The van der Waals surface area contributed by atoms with E-state index in [0.717, 1.165) is 47.9 Å². The van der Waals surface area contributed by atoms with Crippen LogP contribution in [0.25, 0.3) is 5.57 Å². The number of rotatable bonds is 11. The number of hydrogen-bond acceptors (Lipinski definition) is 3. The molecule has 0 bridgehead atoms. The predicted molar refractivity (Wildman–Crippen MR) is 128 cm³/mol. The third kappa shape index (κ3) is 10.5. The normalized spacial score (nSPS) is 12.5. The van der Waals surface area contributed by atoms with Crippen molar-refractivity contribution in [3.63, 3.8) is 0 Å². The minimum atomic E-state index is 0.875. The molecular weight excluding hydrogens is 344 g/mol. The zero-order valence-corrected chi connectivity index (χ0v) is 19.3. The van der Waals surface area contributed by atoms with E-state index in [9.17, 15) is 0 Å². The van der Waals surface area contributed by atoms with Crippen LogP contribution in [-0.4, -0.2) is 33.5 Å². The van der Waals surface area contributed by atoms with Crippen molar-refractivity contribution in [3.05, 3.63) is 47.6 Å². The molecule has 0 saturated heterocycles. The van der Waals surface area contributed by atoms with Crippen molar-refractivity contribution in [1.82, 2.24) is 0 Å². The Hall–Kier alpha value is -1.87. The van der Waals surface area contributed by atoms with Gasteiger partial charge in [-0.2, -0.15) is 0 Å². The topological polar surface area (TPSA) is 33.6 Å². The Morgan fingerprint density at radius 3 is 2.54 bits per heavy atom. The lowest BCUT2D eigenvalue weighted by molar-refractivity contribution is 0.128. The molecule has 0 aliphatic carbocycles. The standard InChI is InChI=1S/C15H20N2.C10H22O/c1-6-13(10-16-4)12(3)14-9-11(2)7-8-15(14)17-5;1-4-8-11-9-6-7-10(3)5-2/h6-10,17H,3H2,1-2,4-5H3;10H,4-9H2,1-3H3/b13-6+,16-10?;. The first-order valence-electron chi connectivity index (χ1n) is 10.6. The zero-order valence-electron chi connectivity index (χ0n) is 19.3. The lowest BCUT2D eigenvalue weighted by atomic mass is 9.96. The first-order valence-corrected chi connectivity index (χ1v) is 10.6. The molecular formula is C25H42N2O. The maximum Gasteiger partial charge on any atom is 0.0466 e. The van der Waals surface area contributed by atoms with Crippen LogP contribution >= 0.6 is 0 Å². The smallest absolute Gasteiger partial charge is 0.0466 e. The average molecular weight is 387 g/mol. The Labute approximate surface area is 174 Å². The summed E-state index contributed by atoms with van der Waals surface area (Å²) in [7, 11) is 3.69. The molecule has 158 valence electrons. The largest absolute Gasteiger partial charge is 0.388 e. The quantitative estimate of drug-likeness (QED) is 0.254. The van der Waals surface area contributed by atoms with Crippen molar-refractivity contribution in [2.24, 2.45) is 10.9 Å². The van der Waals surface area contributed by atoms with E-state index in [-0.39, 0.29) is 0 Å². The molecule has 0 aliphatic rings. The van der Waals surface area contributed by atoms with E-state index >= 15 is 0 Å². The van der Waals surface area contributed by atoms with Crippen molar-refractivity contribution in [2.75, 3.05) is 32.6 Å². The fourth-order valence-corrected chi connectivity index (χ4v) is 2.73. The summed E-state index contributed by atoms with van der Waals surface area (Å²) in [6.45, 7) is 16.8. The van der Waals surface area contributed by atoms with Gasteiger partial charge in [-0.1, -0.05) is 51.5 Å². The van der Waals surface area contributed by atoms with Crippen LogP contribution < -0.4 is 5.32 Å². The Morgan fingerprint density at radius 1 is 1.29 bits per heavy atom. The third-order valence-corrected chi connectivity index (χ3v) is 4.73. The number of ether oxygens (including phenoxy) is 1. The van der Waals surface area contributed by atoms with Crippen molar-refractivity contribution < 1.29 is 4.74 Å². The number of hydrogen-bond donors (Lipinski definition) is 1. The summed E-state index contributed by atoms with van der Waals surface area (Å²) in [4.78, 5) is 4.06. The molecule has 1 atom stereocenters. The predicted octanol–water partition coefficient (Wildman–Crippen LogP) is 6.94. The zero-order chi connectivity index (χ0) is 21.4. The lowest BCUT2D eigenvalue weighted by Crippen LogP contribution is -1.99. The van der Waals surface area contributed by atoms with Gasteiger partial charge in [0.15, 0.2) is 0 Å². The van der Waals surface area contributed by atoms with Crippen LogP contribution in [0.15, 0.2) is 41.4 Å². The molecule has 0 saturated carbocycles. The van der Waals surface area contributed by atoms with Crippen molar-refractivity contribution in [2.45, 2.75) is 60.3 Å². The summed E-state index contributed by atoms with van der Waals surface area (Å²) in [5.41, 5.74) is 5.48. The molecule has 3 nitrogen and oxygen atoms in total. The van der Waals surface area contributed by atoms with E-state index in [1.54, 1.807) is 7.05 Å². The van der Waals surface area contributed by atoms with Gasteiger partial charge in [-0.05, 0) is 62.3 Å². The van der Waals surface area contributed by atoms with Gasteiger partial charge in [0.1, 0.15) is 0 Å². The van der Waals surface area contributed by atoms with Crippen molar-refractivity contribution in [3.8, 4) is 0 Å². The SMILES string of the molecule is C=C(/C(C=NC)=C/C)c1cc(C)ccc1NC.CCCOCCCC(C)CC. The summed E-state index contributed by atoms with van der Waals surface area (Å²) in [5.74, 6) is 0.875. The highest BCUT2D eigenvalue weighted by molar-refractivity contribution is 6.02. The minimum Gasteiger partial charge on any atom is -0.388 e. The number of allylic oxidation sites excluding steroid dienone is 3. The molecule has 0 fully saturated rings. The van der Waals surface area contributed by atoms with Crippen LogP contribution in [0.3, 0.4) is 0 Å². The summed E-state index contributed by atoms with van der Waals surface area (Å²) < 4.78 is 5.38. The number of benzene rings is 1.